The number of guanidine groups is 1. The molecular formula is C28H42N6O7S. The molecule has 2 aliphatic rings. The highest BCUT2D eigenvalue weighted by atomic mass is 32.2. The van der Waals surface area contributed by atoms with Crippen molar-refractivity contribution in [3.8, 4) is 0 Å². The van der Waals surface area contributed by atoms with E-state index in [9.17, 15) is 27.6 Å². The van der Waals surface area contributed by atoms with E-state index < -0.39 is 34.0 Å². The standard InChI is InChI=1S/C28H42N6O7S/c1-20(35)41-17-7-11-25(36)31-28(29)33-15-12-22(13-16-33)19-30-26(37)24-10-6-14-34(24)27(38)23(32-42(2,39)40)18-21-8-4-3-5-9-21/h3-5,8-9,22-24,32H,6-7,10-19H2,1-2H3,(H,30,37)(H2,29,31,36)/t23-,24+/m1/s1. The van der Waals surface area contributed by atoms with Crippen molar-refractivity contribution in [3.05, 3.63) is 35.9 Å². The molecule has 4 N–H and O–H groups in total. The first-order valence-electron chi connectivity index (χ1n) is 14.3. The number of carbonyl (C=O) groups is 4. The molecule has 2 saturated heterocycles. The zero-order chi connectivity index (χ0) is 30.7. The molecule has 2 heterocycles. The van der Waals surface area contributed by atoms with Gasteiger partial charge in [0.1, 0.15) is 12.1 Å². The van der Waals surface area contributed by atoms with Gasteiger partial charge in [-0.2, -0.15) is 4.99 Å². The van der Waals surface area contributed by atoms with Gasteiger partial charge < -0.3 is 25.6 Å². The van der Waals surface area contributed by atoms with Crippen molar-refractivity contribution in [2.75, 3.05) is 39.0 Å². The number of benzene rings is 1. The fourth-order valence-corrected chi connectivity index (χ4v) is 5.91. The minimum Gasteiger partial charge on any atom is -0.466 e. The number of nitrogens with one attached hydrogen (secondary N) is 2. The second kappa shape index (κ2) is 15.6. The van der Waals surface area contributed by atoms with Gasteiger partial charge in [-0.1, -0.05) is 30.3 Å². The maximum Gasteiger partial charge on any atom is 0.302 e. The number of hydrogen-bond acceptors (Lipinski definition) is 7. The van der Waals surface area contributed by atoms with Gasteiger partial charge in [0, 0.05) is 39.5 Å². The Kier molecular flexibility index (Phi) is 12.3. The number of piperidine rings is 1. The summed E-state index contributed by atoms with van der Waals surface area (Å²) in [4.78, 5) is 56.7. The van der Waals surface area contributed by atoms with Crippen LogP contribution < -0.4 is 15.8 Å². The van der Waals surface area contributed by atoms with Gasteiger partial charge in [0.2, 0.25) is 27.7 Å². The maximum absolute atomic E-state index is 13.5. The first-order valence-corrected chi connectivity index (χ1v) is 16.2. The first-order chi connectivity index (χ1) is 19.9. The van der Waals surface area contributed by atoms with Gasteiger partial charge in [-0.05, 0) is 50.0 Å². The lowest BCUT2D eigenvalue weighted by Gasteiger charge is -2.33. The predicted molar refractivity (Wildman–Crippen MR) is 156 cm³/mol. The Morgan fingerprint density at radius 2 is 1.79 bits per heavy atom. The average Bonchev–Trinajstić information content (AvgIpc) is 3.43. The summed E-state index contributed by atoms with van der Waals surface area (Å²) in [5, 5.41) is 2.99. The topological polar surface area (TPSA) is 181 Å². The van der Waals surface area contributed by atoms with Crippen molar-refractivity contribution in [1.29, 1.82) is 0 Å². The van der Waals surface area contributed by atoms with Crippen LogP contribution in [0.25, 0.3) is 0 Å². The second-order valence-electron chi connectivity index (χ2n) is 10.8. The van der Waals surface area contributed by atoms with Crippen molar-refractivity contribution < 1.29 is 32.3 Å². The van der Waals surface area contributed by atoms with Gasteiger partial charge in [0.15, 0.2) is 5.96 Å². The molecule has 1 aromatic rings. The molecule has 42 heavy (non-hydrogen) atoms. The molecule has 2 atom stereocenters. The van der Waals surface area contributed by atoms with Gasteiger partial charge in [-0.25, -0.2) is 13.1 Å². The van der Waals surface area contributed by atoms with E-state index in [0.29, 0.717) is 45.4 Å². The van der Waals surface area contributed by atoms with Crippen LogP contribution in [-0.4, -0.2) is 99.0 Å². The van der Waals surface area contributed by atoms with Crippen LogP contribution in [-0.2, 0) is 40.4 Å². The third-order valence-corrected chi connectivity index (χ3v) is 8.07. The molecule has 13 nitrogen and oxygen atoms in total. The zero-order valence-electron chi connectivity index (χ0n) is 24.3. The van der Waals surface area contributed by atoms with Gasteiger partial charge >= 0.3 is 5.97 Å². The molecule has 3 amide bonds. The Hall–Kier alpha value is -3.52. The van der Waals surface area contributed by atoms with Gasteiger partial charge in [-0.15, -0.1) is 0 Å². The molecule has 1 aromatic carbocycles. The quantitative estimate of drug-likeness (QED) is 0.129. The minimum atomic E-state index is -3.66. The van der Waals surface area contributed by atoms with E-state index in [4.69, 9.17) is 10.5 Å². The Bertz CT molecular complexity index is 1230. The van der Waals surface area contributed by atoms with E-state index in [2.05, 4.69) is 15.0 Å². The number of nitrogens with two attached hydrogens (primary N) is 1. The smallest absolute Gasteiger partial charge is 0.302 e. The number of amides is 3. The molecule has 0 unspecified atom stereocenters. The summed E-state index contributed by atoms with van der Waals surface area (Å²) in [5.41, 5.74) is 6.84. The number of aliphatic imine (C=N–C) groups is 1. The van der Waals surface area contributed by atoms with E-state index in [-0.39, 0.29) is 43.1 Å². The monoisotopic (exact) mass is 606 g/mol. The first kappa shape index (κ1) is 33.0. The molecule has 0 spiro atoms. The Labute approximate surface area is 247 Å². The van der Waals surface area contributed by atoms with Crippen LogP contribution in [0.2, 0.25) is 0 Å². The van der Waals surface area contributed by atoms with Crippen LogP contribution in [0.3, 0.4) is 0 Å². The minimum absolute atomic E-state index is 0.133. The second-order valence-corrected chi connectivity index (χ2v) is 12.6. The fourth-order valence-electron chi connectivity index (χ4n) is 5.21. The van der Waals surface area contributed by atoms with Crippen LogP contribution >= 0.6 is 0 Å². The third-order valence-electron chi connectivity index (χ3n) is 7.36. The maximum atomic E-state index is 13.5. The van der Waals surface area contributed by atoms with Crippen LogP contribution in [0.1, 0.15) is 51.0 Å². The highest BCUT2D eigenvalue weighted by molar-refractivity contribution is 7.88. The molecule has 3 rings (SSSR count). The SMILES string of the molecule is CC(=O)OCCCC(=O)/N=C(\N)N1CCC(CNC(=O)[C@@H]2CCCN2C(=O)[C@@H](Cc2ccccc2)NS(C)(=O)=O)CC1. The predicted octanol–water partition coefficient (Wildman–Crippen LogP) is 0.151. The summed E-state index contributed by atoms with van der Waals surface area (Å²) >= 11 is 0. The average molecular weight is 607 g/mol. The number of hydrogen-bond donors (Lipinski definition) is 3. The molecule has 0 bridgehead atoms. The van der Waals surface area contributed by atoms with Crippen LogP contribution in [0.15, 0.2) is 35.3 Å². The number of ether oxygens (including phenoxy) is 1. The van der Waals surface area contributed by atoms with Crippen LogP contribution in [0.4, 0.5) is 0 Å². The lowest BCUT2D eigenvalue weighted by atomic mass is 9.97. The summed E-state index contributed by atoms with van der Waals surface area (Å²) < 4.78 is 31.3. The molecular weight excluding hydrogens is 564 g/mol. The van der Waals surface area contributed by atoms with Crippen molar-refractivity contribution in [2.45, 2.75) is 64.0 Å². The van der Waals surface area contributed by atoms with Gasteiger partial charge in [0.25, 0.3) is 0 Å². The fraction of sp³-hybridized carbons (Fsp3) is 0.607. The lowest BCUT2D eigenvalue weighted by molar-refractivity contribution is -0.141. The van der Waals surface area contributed by atoms with E-state index >= 15 is 0 Å². The number of carbonyl (C=O) groups excluding carboxylic acids is 4. The van der Waals surface area contributed by atoms with Crippen molar-refractivity contribution in [2.24, 2.45) is 16.6 Å². The summed E-state index contributed by atoms with van der Waals surface area (Å²) in [7, 11) is -3.66. The molecule has 14 heteroatoms. The summed E-state index contributed by atoms with van der Waals surface area (Å²) in [6.07, 6.45) is 4.35. The van der Waals surface area contributed by atoms with E-state index in [1.807, 2.05) is 35.2 Å². The third kappa shape index (κ3) is 10.7. The number of sulfonamides is 1. The van der Waals surface area contributed by atoms with E-state index in [0.717, 1.165) is 24.7 Å². The molecule has 0 aliphatic carbocycles. The number of likely N-dealkylation sites (tertiary alicyclic amines) is 2. The van der Waals surface area contributed by atoms with E-state index in [1.54, 1.807) is 0 Å². The highest BCUT2D eigenvalue weighted by Crippen LogP contribution is 2.21. The highest BCUT2D eigenvalue weighted by Gasteiger charge is 2.38. The summed E-state index contributed by atoms with van der Waals surface area (Å²) in [6, 6.07) is 7.48. The largest absolute Gasteiger partial charge is 0.466 e. The van der Waals surface area contributed by atoms with Crippen LogP contribution in [0.5, 0.6) is 0 Å². The van der Waals surface area contributed by atoms with Crippen molar-refractivity contribution in [1.82, 2.24) is 19.8 Å². The number of rotatable bonds is 12. The molecule has 0 aromatic heterocycles. The van der Waals surface area contributed by atoms with E-state index in [1.165, 1.54) is 11.8 Å². The lowest BCUT2D eigenvalue weighted by Crippen LogP contribution is -2.54. The summed E-state index contributed by atoms with van der Waals surface area (Å²) in [5.74, 6) is -1.08. The molecule has 2 aliphatic heterocycles. The zero-order valence-corrected chi connectivity index (χ0v) is 25.1. The van der Waals surface area contributed by atoms with Crippen molar-refractivity contribution >= 4 is 39.7 Å². The Morgan fingerprint density at radius 3 is 2.43 bits per heavy atom. The molecule has 0 radical (unpaired) electrons. The van der Waals surface area contributed by atoms with Crippen molar-refractivity contribution in [3.63, 3.8) is 0 Å². The van der Waals surface area contributed by atoms with Crippen LogP contribution in [0, 0.1) is 5.92 Å². The Balaban J connectivity index is 1.48. The van der Waals surface area contributed by atoms with Gasteiger partial charge in [-0.3, -0.25) is 19.2 Å². The number of esters is 1. The Morgan fingerprint density at radius 1 is 1.10 bits per heavy atom. The molecule has 2 fully saturated rings. The summed E-state index contributed by atoms with van der Waals surface area (Å²) in [6.45, 7) is 3.46. The van der Waals surface area contributed by atoms with Gasteiger partial charge in [0.05, 0.1) is 12.9 Å². The molecule has 0 saturated carbocycles. The normalized spacial score (nSPS) is 18.9. The molecule has 232 valence electrons. The number of nitrogens with zero attached hydrogens (tertiary/aromatic N) is 3.